The lowest BCUT2D eigenvalue weighted by molar-refractivity contribution is -0.384. The third-order valence-electron chi connectivity index (χ3n) is 5.12. The van der Waals surface area contributed by atoms with Gasteiger partial charge in [-0.1, -0.05) is 54.6 Å². The van der Waals surface area contributed by atoms with Crippen LogP contribution in [0.1, 0.15) is 0 Å². The summed E-state index contributed by atoms with van der Waals surface area (Å²) in [7, 11) is 0. The number of benzene rings is 4. The van der Waals surface area contributed by atoms with Crippen molar-refractivity contribution < 1.29 is 4.92 Å². The van der Waals surface area contributed by atoms with E-state index in [2.05, 4.69) is 4.57 Å². The van der Waals surface area contributed by atoms with Crippen molar-refractivity contribution in [3.63, 3.8) is 0 Å². The van der Waals surface area contributed by atoms with E-state index in [4.69, 9.17) is 0 Å². The fourth-order valence-electron chi connectivity index (χ4n) is 3.81. The van der Waals surface area contributed by atoms with Crippen LogP contribution in [0.2, 0.25) is 0 Å². The van der Waals surface area contributed by atoms with Gasteiger partial charge >= 0.3 is 0 Å². The summed E-state index contributed by atoms with van der Waals surface area (Å²) in [5.74, 6) is 0. The third-order valence-corrected chi connectivity index (χ3v) is 5.12. The van der Waals surface area contributed by atoms with Crippen LogP contribution >= 0.6 is 0 Å². The Balaban J connectivity index is 1.80. The first kappa shape index (κ1) is 16.3. The molecule has 28 heavy (non-hydrogen) atoms. The summed E-state index contributed by atoms with van der Waals surface area (Å²) in [6.45, 7) is 0. The predicted octanol–water partition coefficient (Wildman–Crippen LogP) is 6.36. The van der Waals surface area contributed by atoms with Crippen molar-refractivity contribution in [1.29, 1.82) is 0 Å². The molecule has 0 aliphatic heterocycles. The second-order valence-electron chi connectivity index (χ2n) is 6.73. The zero-order valence-corrected chi connectivity index (χ0v) is 14.9. The summed E-state index contributed by atoms with van der Waals surface area (Å²) >= 11 is 0. The Labute approximate surface area is 161 Å². The van der Waals surface area contributed by atoms with Crippen LogP contribution in [0.15, 0.2) is 97.2 Å². The zero-order chi connectivity index (χ0) is 19.1. The molecule has 0 fully saturated rings. The van der Waals surface area contributed by atoms with Crippen molar-refractivity contribution in [2.75, 3.05) is 0 Å². The van der Waals surface area contributed by atoms with Gasteiger partial charge in [-0.3, -0.25) is 10.1 Å². The van der Waals surface area contributed by atoms with Gasteiger partial charge in [0.1, 0.15) is 0 Å². The van der Waals surface area contributed by atoms with E-state index in [9.17, 15) is 10.1 Å². The van der Waals surface area contributed by atoms with Gasteiger partial charge in [-0.2, -0.15) is 0 Å². The van der Waals surface area contributed by atoms with Crippen molar-refractivity contribution in [2.24, 2.45) is 0 Å². The summed E-state index contributed by atoms with van der Waals surface area (Å²) in [5, 5.41) is 14.6. The van der Waals surface area contributed by atoms with Gasteiger partial charge in [0, 0.05) is 23.3 Å². The minimum absolute atomic E-state index is 0.124. The fourth-order valence-corrected chi connectivity index (χ4v) is 3.81. The number of fused-ring (bicyclic) bond motifs is 2. The number of nitro benzene ring substituents is 1. The molecule has 0 saturated heterocycles. The van der Waals surface area contributed by atoms with Crippen LogP contribution in [0, 0.1) is 10.1 Å². The van der Waals surface area contributed by atoms with Gasteiger partial charge in [-0.15, -0.1) is 0 Å². The molecular formula is C24H16N2O2. The highest BCUT2D eigenvalue weighted by molar-refractivity contribution is 6.01. The molecule has 4 aromatic carbocycles. The molecule has 5 aromatic rings. The standard InChI is InChI=1S/C24H16N2O2/c27-26(28)24-16-18-8-5-4-7-17(18)15-22(24)20-11-6-12-23-21(20)13-14-25(23)19-9-2-1-3-10-19/h1-16H. The van der Waals surface area contributed by atoms with Crippen LogP contribution in [-0.2, 0) is 0 Å². The van der Waals surface area contributed by atoms with Gasteiger partial charge in [0.2, 0.25) is 0 Å². The van der Waals surface area contributed by atoms with Crippen molar-refractivity contribution in [2.45, 2.75) is 0 Å². The monoisotopic (exact) mass is 364 g/mol. The average molecular weight is 364 g/mol. The van der Waals surface area contributed by atoms with E-state index in [1.807, 2.05) is 91.1 Å². The normalized spacial score (nSPS) is 11.1. The molecule has 4 heteroatoms. The van der Waals surface area contributed by atoms with Gasteiger partial charge in [-0.25, -0.2) is 0 Å². The highest BCUT2D eigenvalue weighted by Gasteiger charge is 2.19. The van der Waals surface area contributed by atoms with E-state index in [0.29, 0.717) is 5.56 Å². The second kappa shape index (κ2) is 6.35. The molecule has 0 N–H and O–H groups in total. The molecule has 5 rings (SSSR count). The summed E-state index contributed by atoms with van der Waals surface area (Å²) < 4.78 is 2.10. The molecule has 0 aliphatic carbocycles. The highest BCUT2D eigenvalue weighted by atomic mass is 16.6. The minimum atomic E-state index is -0.297. The van der Waals surface area contributed by atoms with E-state index in [0.717, 1.165) is 32.9 Å². The molecule has 0 aliphatic rings. The van der Waals surface area contributed by atoms with E-state index in [-0.39, 0.29) is 10.6 Å². The van der Waals surface area contributed by atoms with E-state index in [1.165, 1.54) is 0 Å². The molecule has 0 radical (unpaired) electrons. The maximum absolute atomic E-state index is 11.8. The smallest absolute Gasteiger partial charge is 0.277 e. The van der Waals surface area contributed by atoms with Crippen molar-refractivity contribution >= 4 is 27.4 Å². The van der Waals surface area contributed by atoms with Crippen molar-refractivity contribution in [3.8, 4) is 16.8 Å². The van der Waals surface area contributed by atoms with Gasteiger partial charge in [0.15, 0.2) is 0 Å². The van der Waals surface area contributed by atoms with Crippen molar-refractivity contribution in [1.82, 2.24) is 4.57 Å². The number of para-hydroxylation sites is 1. The third kappa shape index (κ3) is 2.55. The first-order valence-electron chi connectivity index (χ1n) is 9.05. The maximum Gasteiger partial charge on any atom is 0.277 e. The van der Waals surface area contributed by atoms with Crippen LogP contribution < -0.4 is 0 Å². The van der Waals surface area contributed by atoms with Gasteiger partial charge < -0.3 is 4.57 Å². The quantitative estimate of drug-likeness (QED) is 0.276. The SMILES string of the molecule is O=[N+]([O-])c1cc2ccccc2cc1-c1cccc2c1ccn2-c1ccccc1. The molecule has 0 amide bonds. The molecule has 0 saturated carbocycles. The summed E-state index contributed by atoms with van der Waals surface area (Å²) in [4.78, 5) is 11.5. The van der Waals surface area contributed by atoms with E-state index < -0.39 is 0 Å². The van der Waals surface area contributed by atoms with E-state index >= 15 is 0 Å². The molecule has 134 valence electrons. The number of hydrogen-bond donors (Lipinski definition) is 0. The van der Waals surface area contributed by atoms with Gasteiger partial charge in [-0.05, 0) is 46.7 Å². The molecule has 1 heterocycles. The zero-order valence-electron chi connectivity index (χ0n) is 14.9. The van der Waals surface area contributed by atoms with Crippen LogP contribution in [0.4, 0.5) is 5.69 Å². The maximum atomic E-state index is 11.8. The molecule has 0 atom stereocenters. The van der Waals surface area contributed by atoms with Crippen LogP contribution in [0.5, 0.6) is 0 Å². The molecule has 4 nitrogen and oxygen atoms in total. The molecule has 1 aromatic heterocycles. The van der Waals surface area contributed by atoms with Gasteiger partial charge in [0.25, 0.3) is 5.69 Å². The molecule has 0 bridgehead atoms. The number of aromatic nitrogens is 1. The fraction of sp³-hybridized carbons (Fsp3) is 0. The highest BCUT2D eigenvalue weighted by Crippen LogP contribution is 2.38. The first-order valence-corrected chi connectivity index (χ1v) is 9.05. The summed E-state index contributed by atoms with van der Waals surface area (Å²) in [5.41, 5.74) is 3.71. The lowest BCUT2D eigenvalue weighted by Gasteiger charge is -2.09. The van der Waals surface area contributed by atoms with Crippen LogP contribution in [0.3, 0.4) is 0 Å². The second-order valence-corrected chi connectivity index (χ2v) is 6.73. The first-order chi connectivity index (χ1) is 13.7. The molecular weight excluding hydrogens is 348 g/mol. The molecule has 0 spiro atoms. The predicted molar refractivity (Wildman–Crippen MR) is 113 cm³/mol. The van der Waals surface area contributed by atoms with Crippen LogP contribution in [0.25, 0.3) is 38.5 Å². The summed E-state index contributed by atoms with van der Waals surface area (Å²) in [6.07, 6.45) is 2.01. The number of rotatable bonds is 3. The van der Waals surface area contributed by atoms with Crippen molar-refractivity contribution in [3.05, 3.63) is 107 Å². The lowest BCUT2D eigenvalue weighted by atomic mass is 9.97. The Morgan fingerprint density at radius 1 is 0.714 bits per heavy atom. The van der Waals surface area contributed by atoms with Gasteiger partial charge in [0.05, 0.1) is 16.0 Å². The Morgan fingerprint density at radius 2 is 1.43 bits per heavy atom. The number of hydrogen-bond acceptors (Lipinski definition) is 2. The largest absolute Gasteiger partial charge is 0.317 e. The summed E-state index contributed by atoms with van der Waals surface area (Å²) in [6, 6.07) is 29.4. The lowest BCUT2D eigenvalue weighted by Crippen LogP contribution is -1.94. The number of nitrogens with zero attached hydrogens (tertiary/aromatic N) is 2. The topological polar surface area (TPSA) is 48.1 Å². The average Bonchev–Trinajstić information content (AvgIpc) is 3.17. The Morgan fingerprint density at radius 3 is 2.18 bits per heavy atom. The van der Waals surface area contributed by atoms with Crippen LogP contribution in [-0.4, -0.2) is 9.49 Å². The Hall–Kier alpha value is -3.92. The molecule has 0 unspecified atom stereocenters. The Bertz CT molecular complexity index is 1340. The minimum Gasteiger partial charge on any atom is -0.317 e. The van der Waals surface area contributed by atoms with E-state index in [1.54, 1.807) is 6.07 Å². The number of nitro groups is 1. The Kier molecular flexibility index (Phi) is 3.69.